The second-order valence-electron chi connectivity index (χ2n) is 6.11. The molecule has 0 saturated heterocycles. The van der Waals surface area contributed by atoms with Crippen LogP contribution in [-0.2, 0) is 9.59 Å². The normalized spacial score (nSPS) is 10.7. The summed E-state index contributed by atoms with van der Waals surface area (Å²) in [6.07, 6.45) is 0. The first-order chi connectivity index (χ1) is 12.3. The van der Waals surface area contributed by atoms with Gasteiger partial charge in [-0.2, -0.15) is 0 Å². The molecule has 2 N–H and O–H groups in total. The molecular formula is C19H21F2N3O2. The van der Waals surface area contributed by atoms with Crippen LogP contribution in [0.4, 0.5) is 20.2 Å². The summed E-state index contributed by atoms with van der Waals surface area (Å²) >= 11 is 0. The molecule has 0 aliphatic carbocycles. The highest BCUT2D eigenvalue weighted by atomic mass is 19.1. The number of halogens is 2. The van der Waals surface area contributed by atoms with Crippen LogP contribution in [0.15, 0.2) is 36.4 Å². The summed E-state index contributed by atoms with van der Waals surface area (Å²) in [6.45, 7) is 3.63. The minimum absolute atomic E-state index is 0.0411. The molecule has 0 heterocycles. The Morgan fingerprint density at radius 3 is 2.08 bits per heavy atom. The Hall–Kier alpha value is -2.80. The van der Waals surface area contributed by atoms with Crippen LogP contribution in [0, 0.1) is 25.5 Å². The Morgan fingerprint density at radius 1 is 0.923 bits per heavy atom. The van der Waals surface area contributed by atoms with Crippen molar-refractivity contribution in [2.75, 3.05) is 30.8 Å². The molecule has 0 fully saturated rings. The fourth-order valence-corrected chi connectivity index (χ4v) is 2.42. The highest BCUT2D eigenvalue weighted by molar-refractivity contribution is 5.95. The summed E-state index contributed by atoms with van der Waals surface area (Å²) < 4.78 is 27.1. The molecule has 2 rings (SSSR count). The molecule has 2 amide bonds. The number of nitrogens with zero attached hydrogens (tertiary/aromatic N) is 1. The third-order valence-electron chi connectivity index (χ3n) is 3.93. The number of carbonyl (C=O) groups excluding carboxylic acids is 2. The maximum Gasteiger partial charge on any atom is 0.238 e. The molecule has 0 bridgehead atoms. The number of rotatable bonds is 6. The molecule has 0 aliphatic heterocycles. The number of likely N-dealkylation sites (N-methyl/N-ethyl adjacent to an activating group) is 1. The number of benzene rings is 2. The molecule has 0 aromatic heterocycles. The first-order valence-corrected chi connectivity index (χ1v) is 8.06. The van der Waals surface area contributed by atoms with Gasteiger partial charge in [0.05, 0.1) is 13.1 Å². The van der Waals surface area contributed by atoms with E-state index in [1.165, 1.54) is 11.0 Å². The lowest BCUT2D eigenvalue weighted by Crippen LogP contribution is -2.36. The molecule has 0 radical (unpaired) electrons. The van der Waals surface area contributed by atoms with E-state index >= 15 is 0 Å². The van der Waals surface area contributed by atoms with Gasteiger partial charge in [-0.1, -0.05) is 18.2 Å². The van der Waals surface area contributed by atoms with E-state index in [1.807, 2.05) is 26.0 Å². The van der Waals surface area contributed by atoms with Crippen molar-refractivity contribution in [3.63, 3.8) is 0 Å². The molecule has 0 atom stereocenters. The van der Waals surface area contributed by atoms with E-state index in [0.717, 1.165) is 23.3 Å². The summed E-state index contributed by atoms with van der Waals surface area (Å²) in [7, 11) is 1.57. The van der Waals surface area contributed by atoms with E-state index in [4.69, 9.17) is 0 Å². The predicted octanol–water partition coefficient (Wildman–Crippen LogP) is 3.09. The topological polar surface area (TPSA) is 61.4 Å². The Morgan fingerprint density at radius 2 is 1.46 bits per heavy atom. The lowest BCUT2D eigenvalue weighted by Gasteiger charge is -2.17. The van der Waals surface area contributed by atoms with Crippen molar-refractivity contribution in [1.29, 1.82) is 0 Å². The standard InChI is InChI=1S/C19H21F2N3O2/c1-12-6-4-9-16(13(12)2)22-17(25)10-24(3)11-18(26)23-19-14(20)7-5-8-15(19)21/h4-9H,10-11H2,1-3H3,(H,22,25)(H,23,26). The van der Waals surface area contributed by atoms with Gasteiger partial charge in [-0.3, -0.25) is 14.5 Å². The zero-order valence-electron chi connectivity index (χ0n) is 14.9. The molecule has 0 aliphatic rings. The van der Waals surface area contributed by atoms with E-state index in [1.54, 1.807) is 13.1 Å². The van der Waals surface area contributed by atoms with Crippen molar-refractivity contribution in [3.8, 4) is 0 Å². The number of anilines is 2. The van der Waals surface area contributed by atoms with Gasteiger partial charge in [0, 0.05) is 5.69 Å². The van der Waals surface area contributed by atoms with Crippen molar-refractivity contribution in [3.05, 3.63) is 59.2 Å². The number of hydrogen-bond donors (Lipinski definition) is 2. The highest BCUT2D eigenvalue weighted by Gasteiger charge is 2.15. The molecule has 138 valence electrons. The maximum absolute atomic E-state index is 13.5. The van der Waals surface area contributed by atoms with Gasteiger partial charge in [0.2, 0.25) is 11.8 Å². The lowest BCUT2D eigenvalue weighted by molar-refractivity contribution is -0.119. The number of para-hydroxylation sites is 1. The highest BCUT2D eigenvalue weighted by Crippen LogP contribution is 2.18. The second kappa shape index (κ2) is 8.53. The third kappa shape index (κ3) is 5.10. The van der Waals surface area contributed by atoms with Crippen LogP contribution in [0.5, 0.6) is 0 Å². The van der Waals surface area contributed by atoms with Crippen molar-refractivity contribution in [2.45, 2.75) is 13.8 Å². The van der Waals surface area contributed by atoms with Crippen molar-refractivity contribution in [2.24, 2.45) is 0 Å². The van der Waals surface area contributed by atoms with Gasteiger partial charge in [0.1, 0.15) is 17.3 Å². The Kier molecular flexibility index (Phi) is 6.41. The van der Waals surface area contributed by atoms with Crippen LogP contribution >= 0.6 is 0 Å². The summed E-state index contributed by atoms with van der Waals surface area (Å²) in [4.78, 5) is 25.5. The maximum atomic E-state index is 13.5. The number of amides is 2. The van der Waals surface area contributed by atoms with E-state index in [9.17, 15) is 18.4 Å². The van der Waals surface area contributed by atoms with Crippen LogP contribution < -0.4 is 10.6 Å². The Labute approximate surface area is 151 Å². The van der Waals surface area contributed by atoms with Gasteiger partial charge in [-0.05, 0) is 50.2 Å². The summed E-state index contributed by atoms with van der Waals surface area (Å²) in [5, 5.41) is 4.98. The molecule has 7 heteroatoms. The minimum Gasteiger partial charge on any atom is -0.325 e. The van der Waals surface area contributed by atoms with Gasteiger partial charge < -0.3 is 10.6 Å². The van der Waals surface area contributed by atoms with Gasteiger partial charge in [-0.15, -0.1) is 0 Å². The smallest absolute Gasteiger partial charge is 0.238 e. The summed E-state index contributed by atoms with van der Waals surface area (Å²) in [6, 6.07) is 8.92. The Bertz CT molecular complexity index is 804. The molecule has 0 spiro atoms. The van der Waals surface area contributed by atoms with Crippen LogP contribution in [0.2, 0.25) is 0 Å². The molecule has 2 aromatic rings. The minimum atomic E-state index is -0.853. The SMILES string of the molecule is Cc1cccc(NC(=O)CN(C)CC(=O)Nc2c(F)cccc2F)c1C. The largest absolute Gasteiger partial charge is 0.325 e. The summed E-state index contributed by atoms with van der Waals surface area (Å²) in [5.41, 5.74) is 2.24. The summed E-state index contributed by atoms with van der Waals surface area (Å²) in [5.74, 6) is -2.61. The van der Waals surface area contributed by atoms with Crippen LogP contribution in [0.1, 0.15) is 11.1 Å². The van der Waals surface area contributed by atoms with E-state index < -0.39 is 23.2 Å². The van der Waals surface area contributed by atoms with Crippen molar-refractivity contribution in [1.82, 2.24) is 4.90 Å². The zero-order chi connectivity index (χ0) is 19.3. The molecule has 0 unspecified atom stereocenters. The van der Waals surface area contributed by atoms with E-state index in [0.29, 0.717) is 5.69 Å². The monoisotopic (exact) mass is 361 g/mol. The molecule has 0 saturated carbocycles. The molecule has 5 nitrogen and oxygen atoms in total. The molecule has 26 heavy (non-hydrogen) atoms. The molecular weight excluding hydrogens is 340 g/mol. The fraction of sp³-hybridized carbons (Fsp3) is 0.263. The number of nitrogens with one attached hydrogen (secondary N) is 2. The van der Waals surface area contributed by atoms with Gasteiger partial charge in [-0.25, -0.2) is 8.78 Å². The average molecular weight is 361 g/mol. The van der Waals surface area contributed by atoms with Gasteiger partial charge in [0.15, 0.2) is 0 Å². The first-order valence-electron chi connectivity index (χ1n) is 8.06. The van der Waals surface area contributed by atoms with Crippen molar-refractivity contribution < 1.29 is 18.4 Å². The number of carbonyl (C=O) groups is 2. The predicted molar refractivity (Wildman–Crippen MR) is 97.0 cm³/mol. The van der Waals surface area contributed by atoms with Crippen LogP contribution in [-0.4, -0.2) is 36.9 Å². The third-order valence-corrected chi connectivity index (χ3v) is 3.93. The van der Waals surface area contributed by atoms with Gasteiger partial charge >= 0.3 is 0 Å². The average Bonchev–Trinajstić information content (AvgIpc) is 2.55. The first kappa shape index (κ1) is 19.5. The van der Waals surface area contributed by atoms with E-state index in [-0.39, 0.29) is 19.0 Å². The lowest BCUT2D eigenvalue weighted by atomic mass is 10.1. The Balaban J connectivity index is 1.89. The van der Waals surface area contributed by atoms with Crippen molar-refractivity contribution >= 4 is 23.2 Å². The van der Waals surface area contributed by atoms with Gasteiger partial charge in [0.25, 0.3) is 0 Å². The van der Waals surface area contributed by atoms with E-state index in [2.05, 4.69) is 10.6 Å². The quantitative estimate of drug-likeness (QED) is 0.831. The number of aryl methyl sites for hydroxylation is 1. The van der Waals surface area contributed by atoms with Crippen LogP contribution in [0.3, 0.4) is 0 Å². The number of hydrogen-bond acceptors (Lipinski definition) is 3. The zero-order valence-corrected chi connectivity index (χ0v) is 14.9. The fourth-order valence-electron chi connectivity index (χ4n) is 2.42. The van der Waals surface area contributed by atoms with Crippen LogP contribution in [0.25, 0.3) is 0 Å². The second-order valence-corrected chi connectivity index (χ2v) is 6.11. The molecule has 2 aromatic carbocycles.